The first-order valence-corrected chi connectivity index (χ1v) is 6.77. The van der Waals surface area contributed by atoms with Crippen LogP contribution in [0.25, 0.3) is 0 Å². The molecule has 1 atom stereocenters. The lowest BCUT2D eigenvalue weighted by Crippen LogP contribution is -2.39. The zero-order valence-electron chi connectivity index (χ0n) is 12.5. The third-order valence-corrected chi connectivity index (χ3v) is 3.22. The van der Waals surface area contributed by atoms with Gasteiger partial charge in [-0.05, 0) is 39.3 Å². The molecule has 1 unspecified atom stereocenters. The van der Waals surface area contributed by atoms with Gasteiger partial charge < -0.3 is 15.4 Å². The van der Waals surface area contributed by atoms with Gasteiger partial charge in [0.2, 0.25) is 0 Å². The number of carbonyl (C=O) groups is 2. The zero-order chi connectivity index (χ0) is 15.3. The minimum Gasteiger partial charge on any atom is -0.449 e. The zero-order valence-corrected chi connectivity index (χ0v) is 12.5. The van der Waals surface area contributed by atoms with Crippen LogP contribution in [0.2, 0.25) is 0 Å². The van der Waals surface area contributed by atoms with Gasteiger partial charge in [-0.1, -0.05) is 12.1 Å². The van der Waals surface area contributed by atoms with Crippen LogP contribution in [0.3, 0.4) is 0 Å². The minimum atomic E-state index is -0.818. The van der Waals surface area contributed by atoms with E-state index < -0.39 is 12.1 Å². The molecule has 0 saturated carbocycles. The van der Waals surface area contributed by atoms with Crippen LogP contribution in [-0.2, 0) is 9.53 Å². The van der Waals surface area contributed by atoms with Crippen molar-refractivity contribution in [3.05, 3.63) is 29.3 Å². The highest BCUT2D eigenvalue weighted by atomic mass is 16.5. The van der Waals surface area contributed by atoms with Crippen molar-refractivity contribution in [3.63, 3.8) is 0 Å². The number of hydrogen-bond acceptors (Lipinski definition) is 4. The van der Waals surface area contributed by atoms with Gasteiger partial charge in [0.1, 0.15) is 0 Å². The lowest BCUT2D eigenvalue weighted by molar-refractivity contribution is -0.139. The van der Waals surface area contributed by atoms with Crippen molar-refractivity contribution >= 4 is 17.6 Å². The van der Waals surface area contributed by atoms with Crippen molar-refractivity contribution in [1.82, 2.24) is 4.90 Å². The third kappa shape index (κ3) is 3.50. The van der Waals surface area contributed by atoms with Crippen molar-refractivity contribution in [2.75, 3.05) is 18.8 Å². The van der Waals surface area contributed by atoms with Crippen LogP contribution in [0.5, 0.6) is 0 Å². The van der Waals surface area contributed by atoms with E-state index in [-0.39, 0.29) is 5.91 Å². The first-order valence-electron chi connectivity index (χ1n) is 6.77. The van der Waals surface area contributed by atoms with Gasteiger partial charge in [0.05, 0.1) is 5.56 Å². The van der Waals surface area contributed by atoms with E-state index in [0.717, 1.165) is 5.56 Å². The summed E-state index contributed by atoms with van der Waals surface area (Å²) in [4.78, 5) is 25.8. The number of nitrogens with zero attached hydrogens (tertiary/aromatic N) is 1. The molecule has 0 bridgehead atoms. The monoisotopic (exact) mass is 278 g/mol. The number of amides is 1. The van der Waals surface area contributed by atoms with Crippen molar-refractivity contribution in [1.29, 1.82) is 0 Å². The second-order valence-corrected chi connectivity index (χ2v) is 4.60. The summed E-state index contributed by atoms with van der Waals surface area (Å²) in [5.41, 5.74) is 7.21. The molecule has 2 N–H and O–H groups in total. The quantitative estimate of drug-likeness (QED) is 0.660. The Bertz CT molecular complexity index is 476. The summed E-state index contributed by atoms with van der Waals surface area (Å²) in [7, 11) is 0. The van der Waals surface area contributed by atoms with E-state index in [4.69, 9.17) is 10.5 Å². The number of esters is 1. The van der Waals surface area contributed by atoms with Crippen molar-refractivity contribution in [2.24, 2.45) is 0 Å². The molecule has 110 valence electrons. The smallest absolute Gasteiger partial charge is 0.341 e. The Morgan fingerprint density at radius 2 is 1.90 bits per heavy atom. The number of aryl methyl sites for hydroxylation is 1. The molecule has 5 nitrogen and oxygen atoms in total. The van der Waals surface area contributed by atoms with Gasteiger partial charge in [-0.2, -0.15) is 0 Å². The Morgan fingerprint density at radius 1 is 1.30 bits per heavy atom. The van der Waals surface area contributed by atoms with Gasteiger partial charge in [0.15, 0.2) is 6.10 Å². The predicted octanol–water partition coefficient (Wildman–Crippen LogP) is 1.99. The Kier molecular flexibility index (Phi) is 5.55. The SMILES string of the molecule is CCN(CC)C(=O)C(C)OC(=O)c1c(C)cccc1N. The highest BCUT2D eigenvalue weighted by molar-refractivity contribution is 5.98. The molecule has 5 heteroatoms. The number of benzene rings is 1. The molecule has 0 fully saturated rings. The number of nitrogen functional groups attached to an aromatic ring is 1. The van der Waals surface area contributed by atoms with Crippen molar-refractivity contribution in [3.8, 4) is 0 Å². The van der Waals surface area contributed by atoms with Crippen LogP contribution in [0.15, 0.2) is 18.2 Å². The number of rotatable bonds is 5. The molecular formula is C15H22N2O3. The maximum atomic E-state index is 12.1. The van der Waals surface area contributed by atoms with Gasteiger partial charge in [0.25, 0.3) is 5.91 Å². The standard InChI is InChI=1S/C15H22N2O3/c1-5-17(6-2)14(18)11(4)20-15(19)13-10(3)8-7-9-12(13)16/h7-9,11H,5-6,16H2,1-4H3. The molecule has 20 heavy (non-hydrogen) atoms. The van der Waals surface area contributed by atoms with E-state index in [0.29, 0.717) is 24.3 Å². The summed E-state index contributed by atoms with van der Waals surface area (Å²) in [6.45, 7) is 8.30. The summed E-state index contributed by atoms with van der Waals surface area (Å²) < 4.78 is 5.23. The van der Waals surface area contributed by atoms with Crippen molar-refractivity contribution in [2.45, 2.75) is 33.8 Å². The predicted molar refractivity (Wildman–Crippen MR) is 78.4 cm³/mol. The van der Waals surface area contributed by atoms with Crippen LogP contribution < -0.4 is 5.73 Å². The molecule has 0 aliphatic heterocycles. The number of carbonyl (C=O) groups excluding carboxylic acids is 2. The van der Waals surface area contributed by atoms with Crippen LogP contribution >= 0.6 is 0 Å². The van der Waals surface area contributed by atoms with E-state index in [1.165, 1.54) is 0 Å². The molecule has 0 aliphatic carbocycles. The second-order valence-electron chi connectivity index (χ2n) is 4.60. The number of nitrogens with two attached hydrogens (primary N) is 1. The molecular weight excluding hydrogens is 256 g/mol. The molecule has 0 radical (unpaired) electrons. The summed E-state index contributed by atoms with van der Waals surface area (Å²) in [5, 5.41) is 0. The first kappa shape index (κ1) is 16.0. The van der Waals surface area contributed by atoms with Crippen LogP contribution in [0.1, 0.15) is 36.7 Å². The van der Waals surface area contributed by atoms with Gasteiger partial charge in [-0.25, -0.2) is 4.79 Å². The minimum absolute atomic E-state index is 0.199. The fourth-order valence-corrected chi connectivity index (χ4v) is 2.03. The second kappa shape index (κ2) is 6.93. The molecule has 0 spiro atoms. The van der Waals surface area contributed by atoms with E-state index in [9.17, 15) is 9.59 Å². The summed E-state index contributed by atoms with van der Waals surface area (Å²) in [5.74, 6) is -0.760. The number of ether oxygens (including phenoxy) is 1. The van der Waals surface area contributed by atoms with Crippen molar-refractivity contribution < 1.29 is 14.3 Å². The Morgan fingerprint density at radius 3 is 2.40 bits per heavy atom. The first-order chi connectivity index (χ1) is 9.42. The van der Waals surface area contributed by atoms with Crippen LogP contribution in [-0.4, -0.2) is 36.0 Å². The number of likely N-dealkylation sites (N-methyl/N-ethyl adjacent to an activating group) is 1. The lowest BCUT2D eigenvalue weighted by atomic mass is 10.1. The van der Waals surface area contributed by atoms with Crippen LogP contribution in [0.4, 0.5) is 5.69 Å². The highest BCUT2D eigenvalue weighted by Gasteiger charge is 2.24. The molecule has 1 aromatic rings. The van der Waals surface area contributed by atoms with Crippen LogP contribution in [0, 0.1) is 6.92 Å². The van der Waals surface area contributed by atoms with E-state index in [1.54, 1.807) is 36.9 Å². The Hall–Kier alpha value is -2.04. The molecule has 1 rings (SSSR count). The Labute approximate surface area is 119 Å². The number of hydrogen-bond donors (Lipinski definition) is 1. The molecule has 0 aromatic heterocycles. The van der Waals surface area contributed by atoms with E-state index in [1.807, 2.05) is 13.8 Å². The molecule has 0 aliphatic rings. The van der Waals surface area contributed by atoms with Gasteiger partial charge in [-0.3, -0.25) is 4.79 Å². The lowest BCUT2D eigenvalue weighted by Gasteiger charge is -2.23. The topological polar surface area (TPSA) is 72.6 Å². The fraction of sp³-hybridized carbons (Fsp3) is 0.467. The molecule has 1 aromatic carbocycles. The van der Waals surface area contributed by atoms with Gasteiger partial charge in [0, 0.05) is 18.8 Å². The Balaban J connectivity index is 2.83. The normalized spacial score (nSPS) is 11.8. The number of anilines is 1. The maximum Gasteiger partial charge on any atom is 0.341 e. The summed E-state index contributed by atoms with van der Waals surface area (Å²) in [6.07, 6.45) is -0.818. The molecule has 1 amide bonds. The molecule has 0 saturated heterocycles. The van der Waals surface area contributed by atoms with Gasteiger partial charge >= 0.3 is 5.97 Å². The average Bonchev–Trinajstić information content (AvgIpc) is 2.39. The molecule has 0 heterocycles. The summed E-state index contributed by atoms with van der Waals surface area (Å²) >= 11 is 0. The largest absolute Gasteiger partial charge is 0.449 e. The highest BCUT2D eigenvalue weighted by Crippen LogP contribution is 2.18. The third-order valence-electron chi connectivity index (χ3n) is 3.22. The van der Waals surface area contributed by atoms with E-state index in [2.05, 4.69) is 0 Å². The summed E-state index contributed by atoms with van der Waals surface area (Å²) in [6, 6.07) is 5.19. The van der Waals surface area contributed by atoms with E-state index >= 15 is 0 Å². The maximum absolute atomic E-state index is 12.1. The fourth-order valence-electron chi connectivity index (χ4n) is 2.03. The van der Waals surface area contributed by atoms with Gasteiger partial charge in [-0.15, -0.1) is 0 Å². The average molecular weight is 278 g/mol.